The Bertz CT molecular complexity index is 631. The van der Waals surface area contributed by atoms with Crippen LogP contribution in [0.1, 0.15) is 42.1 Å². The van der Waals surface area contributed by atoms with E-state index in [-0.39, 0.29) is 11.4 Å². The van der Waals surface area contributed by atoms with Crippen LogP contribution < -0.4 is 0 Å². The van der Waals surface area contributed by atoms with E-state index in [9.17, 15) is 9.59 Å². The fourth-order valence-electron chi connectivity index (χ4n) is 4.02. The van der Waals surface area contributed by atoms with Gasteiger partial charge in [-0.3, -0.25) is 9.69 Å². The van der Waals surface area contributed by atoms with Crippen molar-refractivity contribution in [2.24, 2.45) is 5.41 Å². The monoisotopic (exact) mass is 330 g/mol. The molecule has 0 saturated carbocycles. The molecule has 2 aliphatic heterocycles. The summed E-state index contributed by atoms with van der Waals surface area (Å²) in [4.78, 5) is 28.8. The number of amides is 1. The van der Waals surface area contributed by atoms with E-state index >= 15 is 0 Å². The van der Waals surface area contributed by atoms with E-state index in [0.717, 1.165) is 57.5 Å². The lowest BCUT2D eigenvalue weighted by molar-refractivity contribution is -0.135. The molecule has 0 aromatic heterocycles. The van der Waals surface area contributed by atoms with E-state index in [0.29, 0.717) is 11.5 Å². The maximum Gasteiger partial charge on any atom is 0.337 e. The van der Waals surface area contributed by atoms with Crippen LogP contribution in [0.5, 0.6) is 0 Å². The van der Waals surface area contributed by atoms with Gasteiger partial charge in [-0.15, -0.1) is 0 Å². The Morgan fingerprint density at radius 2 is 2.08 bits per heavy atom. The van der Waals surface area contributed by atoms with Crippen molar-refractivity contribution in [2.45, 2.75) is 32.7 Å². The third-order valence-electron chi connectivity index (χ3n) is 5.28. The minimum Gasteiger partial charge on any atom is -0.465 e. The number of ether oxygens (including phenoxy) is 1. The molecular weight excluding hydrogens is 304 g/mol. The molecule has 24 heavy (non-hydrogen) atoms. The van der Waals surface area contributed by atoms with Crippen molar-refractivity contribution in [1.82, 2.24) is 9.80 Å². The number of hydrogen-bond donors (Lipinski definition) is 0. The van der Waals surface area contributed by atoms with E-state index in [1.807, 2.05) is 23.1 Å². The highest BCUT2D eigenvalue weighted by atomic mass is 16.5. The number of likely N-dealkylation sites (tertiary alicyclic amines) is 2. The molecule has 2 fully saturated rings. The molecule has 1 spiro atoms. The Morgan fingerprint density at radius 1 is 1.29 bits per heavy atom. The molecule has 5 nitrogen and oxygen atoms in total. The number of rotatable bonds is 5. The summed E-state index contributed by atoms with van der Waals surface area (Å²) in [5, 5.41) is 0. The van der Waals surface area contributed by atoms with Gasteiger partial charge in [0.1, 0.15) is 0 Å². The number of esters is 1. The highest BCUT2D eigenvalue weighted by molar-refractivity contribution is 5.89. The van der Waals surface area contributed by atoms with Crippen molar-refractivity contribution >= 4 is 11.9 Å². The topological polar surface area (TPSA) is 49.9 Å². The molecule has 5 heteroatoms. The van der Waals surface area contributed by atoms with Gasteiger partial charge in [-0.25, -0.2) is 4.79 Å². The van der Waals surface area contributed by atoms with Gasteiger partial charge in [0.05, 0.1) is 18.1 Å². The molecule has 0 aliphatic carbocycles. The third-order valence-corrected chi connectivity index (χ3v) is 5.28. The van der Waals surface area contributed by atoms with Gasteiger partial charge in [0, 0.05) is 26.2 Å². The fourth-order valence-corrected chi connectivity index (χ4v) is 4.02. The summed E-state index contributed by atoms with van der Waals surface area (Å²) in [7, 11) is 1.40. The van der Waals surface area contributed by atoms with Crippen LogP contribution in [0.4, 0.5) is 0 Å². The summed E-state index contributed by atoms with van der Waals surface area (Å²) in [6, 6.07) is 7.56. The first-order chi connectivity index (χ1) is 11.6. The van der Waals surface area contributed by atoms with Crippen molar-refractivity contribution in [1.29, 1.82) is 0 Å². The van der Waals surface area contributed by atoms with Gasteiger partial charge in [-0.1, -0.05) is 19.1 Å². The minimum atomic E-state index is -0.309. The van der Waals surface area contributed by atoms with E-state index < -0.39 is 0 Å². The third kappa shape index (κ3) is 3.18. The standard InChI is InChI=1S/C19H26N2O3/c1-3-9-21-11-8-19(18(21)23)7-10-20(14-19)13-15-5-4-6-16(12-15)17(22)24-2/h4-6,12H,3,7-11,13-14H2,1-2H3. The number of hydrogen-bond acceptors (Lipinski definition) is 4. The first-order valence-electron chi connectivity index (χ1n) is 8.77. The summed E-state index contributed by atoms with van der Waals surface area (Å²) in [5.74, 6) is 0.0334. The van der Waals surface area contributed by atoms with E-state index in [1.165, 1.54) is 7.11 Å². The van der Waals surface area contributed by atoms with E-state index in [4.69, 9.17) is 4.74 Å². The summed E-state index contributed by atoms with van der Waals surface area (Å²) in [5.41, 5.74) is 1.50. The van der Waals surface area contributed by atoms with Crippen LogP contribution in [0.2, 0.25) is 0 Å². The van der Waals surface area contributed by atoms with Crippen LogP contribution in [0.25, 0.3) is 0 Å². The lowest BCUT2D eigenvalue weighted by atomic mass is 9.85. The Balaban J connectivity index is 1.65. The molecule has 1 amide bonds. The summed E-state index contributed by atoms with van der Waals surface area (Å²) in [6.45, 7) is 6.43. The van der Waals surface area contributed by atoms with Crippen molar-refractivity contribution in [2.75, 3.05) is 33.3 Å². The summed E-state index contributed by atoms with van der Waals surface area (Å²) >= 11 is 0. The minimum absolute atomic E-state index is 0.171. The predicted molar refractivity (Wildman–Crippen MR) is 91.6 cm³/mol. The molecule has 0 bridgehead atoms. The second-order valence-corrected chi connectivity index (χ2v) is 6.98. The fraction of sp³-hybridized carbons (Fsp3) is 0.579. The van der Waals surface area contributed by atoms with Crippen LogP contribution in [-0.4, -0.2) is 55.0 Å². The average Bonchev–Trinajstić information content (AvgIpc) is 3.14. The van der Waals surface area contributed by atoms with Crippen molar-refractivity contribution in [3.05, 3.63) is 35.4 Å². The van der Waals surface area contributed by atoms with Crippen molar-refractivity contribution in [3.63, 3.8) is 0 Å². The Hall–Kier alpha value is -1.88. The van der Waals surface area contributed by atoms with Crippen LogP contribution in [0.3, 0.4) is 0 Å². The first-order valence-corrected chi connectivity index (χ1v) is 8.77. The molecule has 0 radical (unpaired) electrons. The number of methoxy groups -OCH3 is 1. The molecule has 3 rings (SSSR count). The van der Waals surface area contributed by atoms with Crippen LogP contribution in [-0.2, 0) is 16.1 Å². The maximum absolute atomic E-state index is 12.7. The number of benzene rings is 1. The van der Waals surface area contributed by atoms with Crippen LogP contribution in [0, 0.1) is 5.41 Å². The molecule has 2 aliphatic rings. The SMILES string of the molecule is CCCN1CCC2(CCN(Cc3cccc(C(=O)OC)c3)C2)C1=O. The Morgan fingerprint density at radius 3 is 2.83 bits per heavy atom. The predicted octanol–water partition coefficient (Wildman–Crippen LogP) is 2.31. The maximum atomic E-state index is 12.7. The molecule has 1 unspecified atom stereocenters. The van der Waals surface area contributed by atoms with Gasteiger partial charge >= 0.3 is 5.97 Å². The molecule has 1 aromatic rings. The summed E-state index contributed by atoms with van der Waals surface area (Å²) in [6.07, 6.45) is 2.94. The normalized spacial score (nSPS) is 24.1. The van der Waals surface area contributed by atoms with Gasteiger partial charge in [0.2, 0.25) is 5.91 Å². The van der Waals surface area contributed by atoms with E-state index in [2.05, 4.69) is 11.8 Å². The smallest absolute Gasteiger partial charge is 0.337 e. The zero-order valence-electron chi connectivity index (χ0n) is 14.6. The van der Waals surface area contributed by atoms with E-state index in [1.54, 1.807) is 6.07 Å². The first kappa shape index (κ1) is 17.0. The zero-order chi connectivity index (χ0) is 17.2. The lowest BCUT2D eigenvalue weighted by Gasteiger charge is -2.23. The number of carbonyl (C=O) groups excluding carboxylic acids is 2. The largest absolute Gasteiger partial charge is 0.465 e. The highest BCUT2D eigenvalue weighted by Crippen LogP contribution is 2.41. The lowest BCUT2D eigenvalue weighted by Crippen LogP contribution is -2.37. The highest BCUT2D eigenvalue weighted by Gasteiger charge is 2.50. The van der Waals surface area contributed by atoms with Crippen molar-refractivity contribution < 1.29 is 14.3 Å². The average molecular weight is 330 g/mol. The van der Waals surface area contributed by atoms with Crippen LogP contribution in [0.15, 0.2) is 24.3 Å². The Kier molecular flexibility index (Phi) is 4.90. The molecule has 130 valence electrons. The zero-order valence-corrected chi connectivity index (χ0v) is 14.6. The number of nitrogens with zero attached hydrogens (tertiary/aromatic N) is 2. The second-order valence-electron chi connectivity index (χ2n) is 6.98. The van der Waals surface area contributed by atoms with Gasteiger partial charge in [-0.05, 0) is 43.5 Å². The molecule has 1 aromatic carbocycles. The molecule has 1 atom stereocenters. The van der Waals surface area contributed by atoms with Gasteiger partial charge in [-0.2, -0.15) is 0 Å². The number of carbonyl (C=O) groups is 2. The quantitative estimate of drug-likeness (QED) is 0.778. The van der Waals surface area contributed by atoms with Gasteiger partial charge in [0.15, 0.2) is 0 Å². The van der Waals surface area contributed by atoms with Crippen molar-refractivity contribution in [3.8, 4) is 0 Å². The Labute approximate surface area is 143 Å². The summed E-state index contributed by atoms with van der Waals surface area (Å²) < 4.78 is 4.78. The van der Waals surface area contributed by atoms with Gasteiger partial charge in [0.25, 0.3) is 0 Å². The van der Waals surface area contributed by atoms with Gasteiger partial charge < -0.3 is 9.64 Å². The van der Waals surface area contributed by atoms with Crippen LogP contribution >= 0.6 is 0 Å². The second kappa shape index (κ2) is 6.93. The molecule has 2 heterocycles. The molecular formula is C19H26N2O3. The molecule has 0 N–H and O–H groups in total. The molecule has 2 saturated heterocycles.